The molecule has 7 aromatic rings. The van der Waals surface area contributed by atoms with Crippen LogP contribution in [0.5, 0.6) is 0 Å². The van der Waals surface area contributed by atoms with Crippen LogP contribution < -0.4 is 9.97 Å². The topological polar surface area (TPSA) is 60.5 Å². The number of fused-ring (bicyclic) bond motifs is 20. The van der Waals surface area contributed by atoms with Gasteiger partial charge in [-0.05, 0) is 134 Å². The summed E-state index contributed by atoms with van der Waals surface area (Å²) in [5.74, 6) is 0.564. The summed E-state index contributed by atoms with van der Waals surface area (Å²) in [5.41, 5.74) is 15.4. The number of benzene rings is 4. The number of rotatable bonds is 20. The normalized spacial score (nSPS) is 12.0. The van der Waals surface area contributed by atoms with Crippen molar-refractivity contribution in [3.8, 4) is 45.0 Å². The van der Waals surface area contributed by atoms with Gasteiger partial charge in [0.25, 0.3) is 0 Å². The van der Waals surface area contributed by atoms with E-state index in [9.17, 15) is 0 Å². The van der Waals surface area contributed by atoms with Crippen LogP contribution in [-0.2, 0) is 16.8 Å². The fourth-order valence-electron chi connectivity index (χ4n) is 11.1. The van der Waals surface area contributed by atoms with Crippen LogP contribution in [0.25, 0.3) is 88.6 Å². The monoisotopic (exact) mass is 949 g/mol. The molecule has 3 aromatic heterocycles. The van der Waals surface area contributed by atoms with Crippen molar-refractivity contribution in [2.24, 2.45) is 0 Å². The molecule has 4 aromatic carbocycles. The minimum Gasteiger partial charge on any atom is -0.656 e. The van der Waals surface area contributed by atoms with Crippen molar-refractivity contribution in [2.75, 3.05) is 39.3 Å². The summed E-state index contributed by atoms with van der Waals surface area (Å²) < 4.78 is 0. The van der Waals surface area contributed by atoms with E-state index < -0.39 is 0 Å². The summed E-state index contributed by atoms with van der Waals surface area (Å²) in [6, 6.07) is 40.2. The third kappa shape index (κ3) is 10.1. The zero-order chi connectivity index (χ0) is 45.6. The minimum absolute atomic E-state index is 0. The van der Waals surface area contributed by atoms with Gasteiger partial charge in [-0.15, -0.1) is 22.1 Å². The Morgan fingerprint density at radius 3 is 1.15 bits per heavy atom. The summed E-state index contributed by atoms with van der Waals surface area (Å²) in [6.45, 7) is 20.2. The number of unbranched alkanes of at least 4 members (excludes halogenated alkanes) is 2. The second-order valence-corrected chi connectivity index (χ2v) is 18.7. The Hall–Kier alpha value is -5.05. The third-order valence-corrected chi connectivity index (χ3v) is 14.8. The van der Waals surface area contributed by atoms with Gasteiger partial charge in [-0.3, -0.25) is 0 Å². The van der Waals surface area contributed by atoms with E-state index in [2.05, 4.69) is 161 Å². The van der Waals surface area contributed by atoms with Crippen LogP contribution in [0.2, 0.25) is 0 Å². The maximum absolute atomic E-state index is 5.82. The number of hydrogen-bond donors (Lipinski definition) is 0. The zero-order valence-electron chi connectivity index (χ0n) is 41.9. The van der Waals surface area contributed by atoms with E-state index in [-0.39, 0.29) is 30.1 Å². The van der Waals surface area contributed by atoms with Gasteiger partial charge in [0, 0.05) is 39.0 Å². The van der Waals surface area contributed by atoms with E-state index in [0.29, 0.717) is 5.92 Å². The van der Waals surface area contributed by atoms with E-state index in [1.54, 1.807) is 0 Å². The molecule has 68 heavy (non-hydrogen) atoms. The van der Waals surface area contributed by atoms with Crippen LogP contribution in [0.1, 0.15) is 129 Å². The van der Waals surface area contributed by atoms with Crippen LogP contribution in [0.15, 0.2) is 109 Å². The molecule has 1 radical (unpaired) electrons. The molecule has 6 nitrogen and oxygen atoms in total. The molecule has 359 valence electrons. The second-order valence-electron chi connectivity index (χ2n) is 18.7. The molecule has 0 atom stereocenters. The number of nitrogens with zero attached hydrogens (tertiary/aromatic N) is 6. The van der Waals surface area contributed by atoms with Crippen LogP contribution in [0.4, 0.5) is 0 Å². The van der Waals surface area contributed by atoms with Gasteiger partial charge < -0.3 is 27.2 Å². The third-order valence-electron chi connectivity index (χ3n) is 14.8. The van der Waals surface area contributed by atoms with Gasteiger partial charge >= 0.3 is 0 Å². The molecular weight excluding hydrogens is 876 g/mol. The Labute approximate surface area is 417 Å². The largest absolute Gasteiger partial charge is 0.656 e. The van der Waals surface area contributed by atoms with E-state index in [1.807, 2.05) is 0 Å². The zero-order valence-corrected chi connectivity index (χ0v) is 42.9. The molecule has 2 aliphatic heterocycles. The van der Waals surface area contributed by atoms with Crippen molar-refractivity contribution in [2.45, 2.75) is 118 Å². The van der Waals surface area contributed by atoms with Crippen molar-refractivity contribution in [1.82, 2.24) is 29.7 Å². The van der Waals surface area contributed by atoms with E-state index >= 15 is 0 Å². The molecule has 0 spiro atoms. The smallest absolute Gasteiger partial charge is 0.0739 e. The first kappa shape index (κ1) is 50.8. The quantitative estimate of drug-likeness (QED) is 0.0710. The van der Waals surface area contributed by atoms with Gasteiger partial charge in [0.1, 0.15) is 0 Å². The van der Waals surface area contributed by atoms with Crippen molar-refractivity contribution in [3.05, 3.63) is 128 Å². The molecule has 0 aliphatic carbocycles. The molecule has 0 amide bonds. The van der Waals surface area contributed by atoms with Gasteiger partial charge in [0.15, 0.2) is 0 Å². The van der Waals surface area contributed by atoms with Gasteiger partial charge in [0.05, 0.1) is 22.8 Å². The van der Waals surface area contributed by atoms with Crippen molar-refractivity contribution >= 4 is 43.6 Å². The van der Waals surface area contributed by atoms with Crippen LogP contribution in [0, 0.1) is 7.43 Å². The number of hydrogen-bond acceptors (Lipinski definition) is 4. The minimum atomic E-state index is 0. The maximum atomic E-state index is 5.82. The fraction of sp³-hybridized carbons (Fsp3) is 0.393. The Morgan fingerprint density at radius 1 is 0.441 bits per heavy atom. The van der Waals surface area contributed by atoms with Crippen molar-refractivity contribution < 1.29 is 16.8 Å². The fourth-order valence-corrected chi connectivity index (χ4v) is 11.1. The van der Waals surface area contributed by atoms with Crippen molar-refractivity contribution in [1.29, 1.82) is 0 Å². The molecule has 0 saturated carbocycles. The first-order valence-electron chi connectivity index (χ1n) is 25.6. The molecule has 0 N–H and O–H groups in total. The second kappa shape index (κ2) is 23.5. The predicted molar refractivity (Wildman–Crippen MR) is 288 cm³/mol. The summed E-state index contributed by atoms with van der Waals surface area (Å²) in [5, 5.41) is 4.71. The molecule has 0 saturated heterocycles. The molecule has 8 bridgehead atoms. The molecule has 0 fully saturated rings. The SMILES string of the molecule is CCCCC(CCCC)c1c2nc(cc3[n-]c(c(C(CCCN(CC)CC)CCCN(CC)CC)c4nc(cc5[n-]c1c1ccccc51)-c1ccccc1-4)c1ccccc31)-c1ccccc1-2.[CH3-].[Co]. The molecule has 0 unspecified atom stereocenters. The van der Waals surface area contributed by atoms with Crippen molar-refractivity contribution in [3.63, 3.8) is 0 Å². The Bertz CT molecular complexity index is 2930. The van der Waals surface area contributed by atoms with Crippen LogP contribution >= 0.6 is 0 Å². The summed E-state index contributed by atoms with van der Waals surface area (Å²) in [7, 11) is 0. The number of aromatic nitrogens is 4. The predicted octanol–water partition coefficient (Wildman–Crippen LogP) is 15.8. The maximum Gasteiger partial charge on any atom is 0.0739 e. The molecular formula is C61H73CoN6-3. The molecule has 7 heteroatoms. The molecule has 5 heterocycles. The summed E-state index contributed by atoms with van der Waals surface area (Å²) in [4.78, 5) is 28.3. The molecule has 2 aliphatic rings. The first-order chi connectivity index (χ1) is 32.5. The van der Waals surface area contributed by atoms with E-state index in [4.69, 9.17) is 19.9 Å². The van der Waals surface area contributed by atoms with Gasteiger partial charge in [-0.25, -0.2) is 9.97 Å². The van der Waals surface area contributed by atoms with Crippen LogP contribution in [0.3, 0.4) is 0 Å². The van der Waals surface area contributed by atoms with Gasteiger partial charge in [-0.1, -0.05) is 164 Å². The standard InChI is InChI=1S/C60H70N6.CH3.Co/c1-7-13-25-41(26-14-8-2)55-57-47-33-19-15-29-43(47)51(61-57)39-53-45-31-17-21-35-49(45)59(63-53)56(42(27-23-37-65(9-3)10-4)28-24-38-66(11-5)12-6)60-50-36-22-18-32-46(50)54(64-60)40-52-44-30-16-20-34-48(44)58(55)62-52;;/h15-22,29-36,39-42H,7-14,23-28,37-38H2,1-6H3;1H3;/q-2;-1;. The first-order valence-corrected chi connectivity index (χ1v) is 25.6. The average Bonchev–Trinajstić information content (AvgIpc) is 4.11. The van der Waals surface area contributed by atoms with Gasteiger partial charge in [0.2, 0.25) is 0 Å². The average molecular weight is 949 g/mol. The summed E-state index contributed by atoms with van der Waals surface area (Å²) in [6.07, 6.45) is 11.2. The Morgan fingerprint density at radius 2 is 0.779 bits per heavy atom. The Kier molecular flexibility index (Phi) is 17.6. The van der Waals surface area contributed by atoms with Gasteiger partial charge in [-0.2, -0.15) is 0 Å². The van der Waals surface area contributed by atoms with E-state index in [1.165, 1.54) is 33.0 Å². The Balaban J connectivity index is 0.00000342. The van der Waals surface area contributed by atoms with E-state index in [0.717, 1.165) is 170 Å². The molecule has 9 rings (SSSR count). The van der Waals surface area contributed by atoms with Crippen LogP contribution in [-0.4, -0.2) is 59.0 Å². The summed E-state index contributed by atoms with van der Waals surface area (Å²) >= 11 is 0.